The first kappa shape index (κ1) is 14.1. The van der Waals surface area contributed by atoms with E-state index in [1.807, 2.05) is 6.92 Å². The molecule has 0 bridgehead atoms. The van der Waals surface area contributed by atoms with Crippen LogP contribution in [0.25, 0.3) is 0 Å². The Morgan fingerprint density at radius 2 is 1.75 bits per heavy atom. The van der Waals surface area contributed by atoms with Crippen LogP contribution in [0.3, 0.4) is 0 Å². The van der Waals surface area contributed by atoms with E-state index in [0.29, 0.717) is 10.7 Å². The minimum atomic E-state index is -1.39. The fourth-order valence-electron chi connectivity index (χ4n) is 1.73. The van der Waals surface area contributed by atoms with Gasteiger partial charge in [0, 0.05) is 21.8 Å². The zero-order valence-corrected chi connectivity index (χ0v) is 11.4. The Balaban J connectivity index is 2.28. The number of carbonyl (C=O) groups is 2. The number of hydrogen-bond acceptors (Lipinski definition) is 3. The molecule has 0 fully saturated rings. The molecule has 0 radical (unpaired) electrons. The van der Waals surface area contributed by atoms with Crippen LogP contribution < -0.4 is 10.4 Å². The fourth-order valence-corrected chi connectivity index (χ4v) is 1.91. The molecule has 0 aliphatic carbocycles. The maximum atomic E-state index is 12.1. The zero-order chi connectivity index (χ0) is 14.7. The fraction of sp³-hybridized carbons (Fsp3) is 0.0667. The Kier molecular flexibility index (Phi) is 4.05. The number of halogens is 1. The standard InChI is InChI=1S/C15H12ClNO3/c1-9-6-7-10(8-13(9)16)17-14(18)11-4-2-3-5-12(11)15(19)20/h2-8H,1H3,(H,17,18)(H,19,20)/p-1. The van der Waals surface area contributed by atoms with Gasteiger partial charge < -0.3 is 15.2 Å². The van der Waals surface area contributed by atoms with E-state index in [1.165, 1.54) is 18.2 Å². The SMILES string of the molecule is Cc1ccc(NC(=O)c2ccccc2C(=O)[O-])cc1Cl. The summed E-state index contributed by atoms with van der Waals surface area (Å²) in [6, 6.07) is 10.9. The first-order chi connectivity index (χ1) is 9.49. The highest BCUT2D eigenvalue weighted by Crippen LogP contribution is 2.21. The molecule has 0 unspecified atom stereocenters. The smallest absolute Gasteiger partial charge is 0.256 e. The molecule has 1 N–H and O–H groups in total. The Morgan fingerprint density at radius 1 is 1.10 bits per heavy atom. The maximum absolute atomic E-state index is 12.1. The van der Waals surface area contributed by atoms with E-state index in [4.69, 9.17) is 11.6 Å². The molecule has 0 heterocycles. The van der Waals surface area contributed by atoms with Crippen molar-refractivity contribution in [1.29, 1.82) is 0 Å². The summed E-state index contributed by atoms with van der Waals surface area (Å²) in [6.45, 7) is 1.85. The quantitative estimate of drug-likeness (QED) is 0.942. The molecule has 20 heavy (non-hydrogen) atoms. The summed E-state index contributed by atoms with van der Waals surface area (Å²) in [7, 11) is 0. The first-order valence-electron chi connectivity index (χ1n) is 5.87. The minimum absolute atomic E-state index is 0.0456. The second-order valence-electron chi connectivity index (χ2n) is 4.25. The molecule has 0 spiro atoms. The van der Waals surface area contributed by atoms with Crippen LogP contribution in [0.2, 0.25) is 5.02 Å². The third-order valence-electron chi connectivity index (χ3n) is 2.82. The van der Waals surface area contributed by atoms with Gasteiger partial charge in [0.25, 0.3) is 5.91 Å². The summed E-state index contributed by atoms with van der Waals surface area (Å²) in [4.78, 5) is 23.1. The summed E-state index contributed by atoms with van der Waals surface area (Å²) in [5.74, 6) is -1.91. The number of rotatable bonds is 3. The van der Waals surface area contributed by atoms with E-state index >= 15 is 0 Å². The van der Waals surface area contributed by atoms with Crippen LogP contribution in [0.5, 0.6) is 0 Å². The highest BCUT2D eigenvalue weighted by molar-refractivity contribution is 6.31. The van der Waals surface area contributed by atoms with Crippen molar-refractivity contribution in [1.82, 2.24) is 0 Å². The molecule has 4 nitrogen and oxygen atoms in total. The van der Waals surface area contributed by atoms with Gasteiger partial charge in [-0.1, -0.05) is 35.9 Å². The minimum Gasteiger partial charge on any atom is -0.545 e. The van der Waals surface area contributed by atoms with Gasteiger partial charge in [-0.25, -0.2) is 0 Å². The highest BCUT2D eigenvalue weighted by Gasteiger charge is 2.12. The lowest BCUT2D eigenvalue weighted by Gasteiger charge is -2.11. The van der Waals surface area contributed by atoms with E-state index in [0.717, 1.165) is 5.56 Å². The van der Waals surface area contributed by atoms with Crippen LogP contribution in [0.1, 0.15) is 26.3 Å². The predicted octanol–water partition coefficient (Wildman–Crippen LogP) is 2.26. The maximum Gasteiger partial charge on any atom is 0.256 e. The topological polar surface area (TPSA) is 69.2 Å². The predicted molar refractivity (Wildman–Crippen MR) is 74.9 cm³/mol. The van der Waals surface area contributed by atoms with Gasteiger partial charge in [-0.15, -0.1) is 0 Å². The highest BCUT2D eigenvalue weighted by atomic mass is 35.5. The van der Waals surface area contributed by atoms with Gasteiger partial charge in [0.05, 0.1) is 5.97 Å². The summed E-state index contributed by atoms with van der Waals surface area (Å²) in [5.41, 5.74) is 1.28. The van der Waals surface area contributed by atoms with Crippen molar-refractivity contribution >= 4 is 29.2 Å². The van der Waals surface area contributed by atoms with Crippen molar-refractivity contribution in [2.45, 2.75) is 6.92 Å². The molecule has 102 valence electrons. The average Bonchev–Trinajstić information content (AvgIpc) is 2.43. The van der Waals surface area contributed by atoms with Gasteiger partial charge in [-0.05, 0) is 30.7 Å². The number of aromatic carboxylic acids is 1. The van der Waals surface area contributed by atoms with Gasteiger partial charge in [-0.3, -0.25) is 4.79 Å². The van der Waals surface area contributed by atoms with Crippen molar-refractivity contribution in [2.24, 2.45) is 0 Å². The van der Waals surface area contributed by atoms with Gasteiger partial charge >= 0.3 is 0 Å². The summed E-state index contributed by atoms with van der Waals surface area (Å²) in [6.07, 6.45) is 0. The first-order valence-corrected chi connectivity index (χ1v) is 6.24. The van der Waals surface area contributed by atoms with Crippen LogP contribution in [0.4, 0.5) is 5.69 Å². The summed E-state index contributed by atoms with van der Waals surface area (Å²) < 4.78 is 0. The van der Waals surface area contributed by atoms with Gasteiger partial charge in [-0.2, -0.15) is 0 Å². The Labute approximate surface area is 121 Å². The molecular weight excluding hydrogens is 278 g/mol. The van der Waals surface area contributed by atoms with E-state index in [9.17, 15) is 14.7 Å². The number of hydrogen-bond donors (Lipinski definition) is 1. The molecule has 0 aliphatic rings. The number of carboxylic acid groups (broad SMARTS) is 1. The average molecular weight is 289 g/mol. The number of anilines is 1. The monoisotopic (exact) mass is 288 g/mol. The lowest BCUT2D eigenvalue weighted by Crippen LogP contribution is -2.26. The number of carboxylic acids is 1. The van der Waals surface area contributed by atoms with Crippen molar-refractivity contribution in [3.05, 3.63) is 64.2 Å². The largest absolute Gasteiger partial charge is 0.545 e. The molecule has 1 amide bonds. The lowest BCUT2D eigenvalue weighted by atomic mass is 10.1. The summed E-state index contributed by atoms with van der Waals surface area (Å²) >= 11 is 5.97. The van der Waals surface area contributed by atoms with Crippen molar-refractivity contribution in [3.63, 3.8) is 0 Å². The van der Waals surface area contributed by atoms with Crippen molar-refractivity contribution in [3.8, 4) is 0 Å². The van der Waals surface area contributed by atoms with E-state index in [-0.39, 0.29) is 11.1 Å². The van der Waals surface area contributed by atoms with Crippen LogP contribution in [0.15, 0.2) is 42.5 Å². The molecule has 2 rings (SSSR count). The molecule has 0 saturated carbocycles. The lowest BCUT2D eigenvalue weighted by molar-refractivity contribution is -0.255. The van der Waals surface area contributed by atoms with Crippen LogP contribution in [0, 0.1) is 6.92 Å². The van der Waals surface area contributed by atoms with E-state index < -0.39 is 11.9 Å². The molecular formula is C15H11ClNO3-. The van der Waals surface area contributed by atoms with Gasteiger partial charge in [0.2, 0.25) is 0 Å². The van der Waals surface area contributed by atoms with Crippen molar-refractivity contribution < 1.29 is 14.7 Å². The number of benzene rings is 2. The second kappa shape index (κ2) is 5.75. The second-order valence-corrected chi connectivity index (χ2v) is 4.66. The normalized spacial score (nSPS) is 10.1. The number of amides is 1. The third-order valence-corrected chi connectivity index (χ3v) is 3.23. The Hall–Kier alpha value is -2.33. The molecule has 2 aromatic rings. The summed E-state index contributed by atoms with van der Waals surface area (Å²) in [5, 5.41) is 14.1. The molecule has 0 aliphatic heterocycles. The van der Waals surface area contributed by atoms with Crippen LogP contribution in [-0.4, -0.2) is 11.9 Å². The van der Waals surface area contributed by atoms with Crippen LogP contribution >= 0.6 is 11.6 Å². The molecule has 2 aromatic carbocycles. The van der Waals surface area contributed by atoms with Crippen molar-refractivity contribution in [2.75, 3.05) is 5.32 Å². The number of aryl methyl sites for hydroxylation is 1. The molecule has 0 aromatic heterocycles. The van der Waals surface area contributed by atoms with Crippen LogP contribution in [-0.2, 0) is 0 Å². The zero-order valence-electron chi connectivity index (χ0n) is 10.6. The van der Waals surface area contributed by atoms with Gasteiger partial charge in [0.1, 0.15) is 0 Å². The number of carbonyl (C=O) groups excluding carboxylic acids is 2. The third kappa shape index (κ3) is 2.97. The molecule has 0 atom stereocenters. The Bertz CT molecular complexity index is 683. The number of nitrogens with one attached hydrogen (secondary N) is 1. The molecule has 5 heteroatoms. The van der Waals surface area contributed by atoms with E-state index in [1.54, 1.807) is 24.3 Å². The molecule has 0 saturated heterocycles. The van der Waals surface area contributed by atoms with E-state index in [2.05, 4.69) is 5.32 Å². The van der Waals surface area contributed by atoms with Gasteiger partial charge in [0.15, 0.2) is 0 Å². The Morgan fingerprint density at radius 3 is 2.35 bits per heavy atom.